The highest BCUT2D eigenvalue weighted by atomic mass is 16.4. The van der Waals surface area contributed by atoms with E-state index in [0.29, 0.717) is 0 Å². The van der Waals surface area contributed by atoms with E-state index in [9.17, 15) is 9.90 Å². The lowest BCUT2D eigenvalue weighted by molar-refractivity contribution is -0.143. The quantitative estimate of drug-likeness (QED) is 0.826. The summed E-state index contributed by atoms with van der Waals surface area (Å²) < 4.78 is 0. The van der Waals surface area contributed by atoms with E-state index in [0.717, 1.165) is 25.7 Å². The second kappa shape index (κ2) is 4.69. The minimum Gasteiger partial charge on any atom is -0.481 e. The van der Waals surface area contributed by atoms with Crippen molar-refractivity contribution >= 4 is 5.97 Å². The van der Waals surface area contributed by atoms with Gasteiger partial charge in [0.25, 0.3) is 0 Å². The van der Waals surface area contributed by atoms with Crippen LogP contribution >= 0.6 is 0 Å². The molecule has 2 rings (SSSR count). The molecule has 0 radical (unpaired) electrons. The molecule has 2 unspecified atom stereocenters. The van der Waals surface area contributed by atoms with E-state index < -0.39 is 5.97 Å². The van der Waals surface area contributed by atoms with Gasteiger partial charge >= 0.3 is 5.97 Å². The van der Waals surface area contributed by atoms with Gasteiger partial charge in [-0.15, -0.1) is 0 Å². The highest BCUT2D eigenvalue weighted by Gasteiger charge is 2.31. The molecule has 0 amide bonds. The van der Waals surface area contributed by atoms with Crippen molar-refractivity contribution in [3.05, 3.63) is 35.4 Å². The molecule has 0 spiro atoms. The van der Waals surface area contributed by atoms with Crippen molar-refractivity contribution in [3.8, 4) is 0 Å². The predicted molar refractivity (Wildman–Crippen MR) is 63.5 cm³/mol. The first-order chi connectivity index (χ1) is 7.68. The predicted octanol–water partition coefficient (Wildman–Crippen LogP) is 3.35. The number of benzene rings is 1. The van der Waals surface area contributed by atoms with Crippen LogP contribution in [0.4, 0.5) is 0 Å². The first-order valence-electron chi connectivity index (χ1n) is 5.98. The molecule has 2 atom stereocenters. The van der Waals surface area contributed by atoms with Gasteiger partial charge in [0.2, 0.25) is 0 Å². The molecule has 2 nitrogen and oxygen atoms in total. The van der Waals surface area contributed by atoms with Gasteiger partial charge in [0.1, 0.15) is 0 Å². The Hall–Kier alpha value is -1.31. The van der Waals surface area contributed by atoms with Gasteiger partial charge in [-0.3, -0.25) is 4.79 Å². The zero-order valence-corrected chi connectivity index (χ0v) is 9.65. The normalized spacial score (nSPS) is 25.3. The van der Waals surface area contributed by atoms with Crippen LogP contribution < -0.4 is 0 Å². The fourth-order valence-electron chi connectivity index (χ4n) is 2.73. The van der Waals surface area contributed by atoms with E-state index >= 15 is 0 Å². The molecule has 0 aliphatic heterocycles. The van der Waals surface area contributed by atoms with Gasteiger partial charge in [-0.2, -0.15) is 0 Å². The molecule has 1 aromatic carbocycles. The fraction of sp³-hybridized carbons (Fsp3) is 0.500. The lowest BCUT2D eigenvalue weighted by Gasteiger charge is -2.29. The lowest BCUT2D eigenvalue weighted by Crippen LogP contribution is -2.25. The topological polar surface area (TPSA) is 37.3 Å². The maximum atomic E-state index is 11.2. The molecule has 1 aliphatic rings. The summed E-state index contributed by atoms with van der Waals surface area (Å²) in [6.45, 7) is 2.06. The molecule has 1 fully saturated rings. The van der Waals surface area contributed by atoms with Crippen LogP contribution in [0.25, 0.3) is 0 Å². The van der Waals surface area contributed by atoms with Crippen LogP contribution in [0.15, 0.2) is 24.3 Å². The molecule has 1 saturated carbocycles. The number of aliphatic carboxylic acids is 1. The zero-order valence-electron chi connectivity index (χ0n) is 9.65. The number of hydrogen-bond acceptors (Lipinski definition) is 1. The zero-order chi connectivity index (χ0) is 11.5. The molecule has 1 N–H and O–H groups in total. The van der Waals surface area contributed by atoms with E-state index in [4.69, 9.17) is 0 Å². The highest BCUT2D eigenvalue weighted by Crippen LogP contribution is 2.38. The summed E-state index contributed by atoms with van der Waals surface area (Å²) in [5.74, 6) is -0.604. The number of carboxylic acids is 1. The first kappa shape index (κ1) is 11.2. The smallest absolute Gasteiger partial charge is 0.307 e. The summed E-state index contributed by atoms with van der Waals surface area (Å²) in [4.78, 5) is 11.2. The van der Waals surface area contributed by atoms with E-state index in [1.54, 1.807) is 0 Å². The number of hydrogen-bond donors (Lipinski definition) is 1. The molecule has 1 aromatic rings. The number of aryl methyl sites for hydroxylation is 1. The maximum absolute atomic E-state index is 11.2. The third kappa shape index (κ3) is 2.26. The Morgan fingerprint density at radius 3 is 2.75 bits per heavy atom. The Labute approximate surface area is 96.3 Å². The van der Waals surface area contributed by atoms with Crippen molar-refractivity contribution < 1.29 is 9.90 Å². The van der Waals surface area contributed by atoms with E-state index in [1.807, 2.05) is 6.07 Å². The molecule has 16 heavy (non-hydrogen) atoms. The SMILES string of the molecule is Cc1cccc(C2CCCCC2C(=O)O)c1. The van der Waals surface area contributed by atoms with Gasteiger partial charge in [0, 0.05) is 0 Å². The van der Waals surface area contributed by atoms with Crippen molar-refractivity contribution in [1.82, 2.24) is 0 Å². The monoisotopic (exact) mass is 218 g/mol. The summed E-state index contributed by atoms with van der Waals surface area (Å²) >= 11 is 0. The maximum Gasteiger partial charge on any atom is 0.307 e. The average Bonchev–Trinajstić information content (AvgIpc) is 2.29. The molecule has 0 aromatic heterocycles. The number of carboxylic acid groups (broad SMARTS) is 1. The molecule has 1 aliphatic carbocycles. The Morgan fingerprint density at radius 1 is 1.31 bits per heavy atom. The van der Waals surface area contributed by atoms with Gasteiger partial charge in [-0.25, -0.2) is 0 Å². The van der Waals surface area contributed by atoms with Crippen LogP contribution in [-0.4, -0.2) is 11.1 Å². The lowest BCUT2D eigenvalue weighted by atomic mass is 9.75. The van der Waals surface area contributed by atoms with Gasteiger partial charge < -0.3 is 5.11 Å². The Kier molecular flexibility index (Phi) is 3.28. The summed E-state index contributed by atoms with van der Waals surface area (Å²) in [7, 11) is 0. The van der Waals surface area contributed by atoms with Crippen molar-refractivity contribution in [2.45, 2.75) is 38.5 Å². The van der Waals surface area contributed by atoms with Crippen molar-refractivity contribution in [2.75, 3.05) is 0 Å². The van der Waals surface area contributed by atoms with Crippen LogP contribution in [0.1, 0.15) is 42.7 Å². The molecule has 0 saturated heterocycles. The summed E-state index contributed by atoms with van der Waals surface area (Å²) in [5, 5.41) is 9.24. The molecule has 86 valence electrons. The standard InChI is InChI=1S/C14H18O2/c1-10-5-4-6-11(9-10)12-7-2-3-8-13(12)14(15)16/h4-6,9,12-13H,2-3,7-8H2,1H3,(H,15,16). The number of carbonyl (C=O) groups is 1. The minimum atomic E-state index is -0.633. The third-order valence-corrected chi connectivity index (χ3v) is 3.55. The third-order valence-electron chi connectivity index (χ3n) is 3.55. The Balaban J connectivity index is 2.26. The van der Waals surface area contributed by atoms with E-state index in [1.165, 1.54) is 11.1 Å². The first-order valence-corrected chi connectivity index (χ1v) is 5.98. The van der Waals surface area contributed by atoms with E-state index in [-0.39, 0.29) is 11.8 Å². The largest absolute Gasteiger partial charge is 0.481 e. The second-order valence-electron chi connectivity index (χ2n) is 4.75. The van der Waals surface area contributed by atoms with Crippen LogP contribution in [0, 0.1) is 12.8 Å². The molecular weight excluding hydrogens is 200 g/mol. The van der Waals surface area contributed by atoms with E-state index in [2.05, 4.69) is 25.1 Å². The van der Waals surface area contributed by atoms with Gasteiger partial charge in [0.15, 0.2) is 0 Å². The van der Waals surface area contributed by atoms with Gasteiger partial charge in [-0.1, -0.05) is 42.7 Å². The van der Waals surface area contributed by atoms with Crippen LogP contribution in [0.2, 0.25) is 0 Å². The summed E-state index contributed by atoms with van der Waals surface area (Å²) in [6.07, 6.45) is 4.05. The average molecular weight is 218 g/mol. The molecule has 0 bridgehead atoms. The fourth-order valence-corrected chi connectivity index (χ4v) is 2.73. The molecule has 2 heteroatoms. The van der Waals surface area contributed by atoms with Crippen molar-refractivity contribution in [2.24, 2.45) is 5.92 Å². The Morgan fingerprint density at radius 2 is 2.06 bits per heavy atom. The van der Waals surface area contributed by atoms with Crippen molar-refractivity contribution in [1.29, 1.82) is 0 Å². The van der Waals surface area contributed by atoms with Crippen LogP contribution in [0.5, 0.6) is 0 Å². The van der Waals surface area contributed by atoms with Gasteiger partial charge in [0.05, 0.1) is 5.92 Å². The summed E-state index contributed by atoms with van der Waals surface area (Å²) in [6, 6.07) is 8.28. The second-order valence-corrected chi connectivity index (χ2v) is 4.75. The van der Waals surface area contributed by atoms with Gasteiger partial charge in [-0.05, 0) is 31.2 Å². The molecular formula is C14H18O2. The molecule has 0 heterocycles. The summed E-state index contributed by atoms with van der Waals surface area (Å²) in [5.41, 5.74) is 2.42. The number of rotatable bonds is 2. The Bertz CT molecular complexity index is 384. The van der Waals surface area contributed by atoms with Crippen molar-refractivity contribution in [3.63, 3.8) is 0 Å². The minimum absolute atomic E-state index is 0.185. The van der Waals surface area contributed by atoms with Crippen LogP contribution in [0.3, 0.4) is 0 Å². The van der Waals surface area contributed by atoms with Crippen LogP contribution in [-0.2, 0) is 4.79 Å². The highest BCUT2D eigenvalue weighted by molar-refractivity contribution is 5.71.